The van der Waals surface area contributed by atoms with Gasteiger partial charge in [-0.1, -0.05) is 34.1 Å². The van der Waals surface area contributed by atoms with Gasteiger partial charge in [0.25, 0.3) is 0 Å². The average Bonchev–Trinajstić information content (AvgIpc) is 2.50. The number of nitrogens with zero attached hydrogens (tertiary/aromatic N) is 1. The van der Waals surface area contributed by atoms with E-state index in [1.54, 1.807) is 0 Å². The molecule has 2 nitrogen and oxygen atoms in total. The first-order chi connectivity index (χ1) is 9.83. The van der Waals surface area contributed by atoms with Gasteiger partial charge in [-0.05, 0) is 75.3 Å². The smallest absolute Gasteiger partial charge is 0.0210 e. The third-order valence-corrected chi connectivity index (χ3v) is 5.57. The number of halogens is 1. The molecule has 2 aliphatic rings. The molecule has 3 heteroatoms. The number of piperidine rings is 2. The topological polar surface area (TPSA) is 15.3 Å². The highest BCUT2D eigenvalue weighted by Gasteiger charge is 2.24. The average molecular weight is 337 g/mol. The Balaban J connectivity index is 1.50. The number of hydrogen-bond acceptors (Lipinski definition) is 2. The zero-order valence-electron chi connectivity index (χ0n) is 12.2. The Kier molecular flexibility index (Phi) is 5.14. The maximum atomic E-state index is 3.70. The van der Waals surface area contributed by atoms with E-state index >= 15 is 0 Å². The molecule has 0 amide bonds. The molecular formula is C17H25BrN2. The second kappa shape index (κ2) is 7.06. The molecule has 0 saturated carbocycles. The minimum atomic E-state index is 0.742. The lowest BCUT2D eigenvalue weighted by atomic mass is 9.88. The summed E-state index contributed by atoms with van der Waals surface area (Å²) in [4.78, 5) is 2.69. The largest absolute Gasteiger partial charge is 0.316 e. The summed E-state index contributed by atoms with van der Waals surface area (Å²) in [6, 6.07) is 8.74. The minimum Gasteiger partial charge on any atom is -0.316 e. The number of nitrogens with one attached hydrogen (secondary N) is 1. The van der Waals surface area contributed by atoms with Crippen LogP contribution in [0.5, 0.6) is 0 Å². The van der Waals surface area contributed by atoms with Gasteiger partial charge in [0.15, 0.2) is 0 Å². The molecular weight excluding hydrogens is 312 g/mol. The zero-order valence-corrected chi connectivity index (χ0v) is 13.7. The van der Waals surface area contributed by atoms with Crippen LogP contribution in [0.15, 0.2) is 28.7 Å². The van der Waals surface area contributed by atoms with Crippen molar-refractivity contribution in [2.24, 2.45) is 5.92 Å². The monoisotopic (exact) mass is 336 g/mol. The van der Waals surface area contributed by atoms with Crippen LogP contribution >= 0.6 is 15.9 Å². The summed E-state index contributed by atoms with van der Waals surface area (Å²) in [6.07, 6.45) is 5.39. The van der Waals surface area contributed by atoms with Crippen LogP contribution in [-0.4, -0.2) is 37.6 Å². The van der Waals surface area contributed by atoms with Crippen molar-refractivity contribution in [1.82, 2.24) is 10.2 Å². The van der Waals surface area contributed by atoms with Crippen LogP contribution in [-0.2, 0) is 0 Å². The molecule has 1 atom stereocenters. The fourth-order valence-corrected chi connectivity index (χ4v) is 4.29. The normalized spacial score (nSPS) is 25.8. The summed E-state index contributed by atoms with van der Waals surface area (Å²) >= 11 is 3.70. The summed E-state index contributed by atoms with van der Waals surface area (Å²) in [7, 11) is 0. The van der Waals surface area contributed by atoms with Gasteiger partial charge in [0.1, 0.15) is 0 Å². The second-order valence-corrected chi connectivity index (χ2v) is 7.16. The van der Waals surface area contributed by atoms with E-state index in [1.165, 1.54) is 68.4 Å². The van der Waals surface area contributed by atoms with E-state index in [4.69, 9.17) is 0 Å². The molecule has 0 aromatic heterocycles. The van der Waals surface area contributed by atoms with E-state index < -0.39 is 0 Å². The van der Waals surface area contributed by atoms with Gasteiger partial charge in [-0.25, -0.2) is 0 Å². The van der Waals surface area contributed by atoms with Gasteiger partial charge in [-0.15, -0.1) is 0 Å². The number of likely N-dealkylation sites (tertiary alicyclic amines) is 1. The molecule has 1 aromatic carbocycles. The van der Waals surface area contributed by atoms with E-state index in [0.29, 0.717) is 0 Å². The molecule has 0 bridgehead atoms. The fraction of sp³-hybridized carbons (Fsp3) is 0.647. The van der Waals surface area contributed by atoms with Crippen LogP contribution in [0.2, 0.25) is 0 Å². The SMILES string of the molecule is Brc1ccccc1C1CCN(CC2CCCNC2)CC1. The van der Waals surface area contributed by atoms with Crippen LogP contribution < -0.4 is 5.32 Å². The van der Waals surface area contributed by atoms with Gasteiger partial charge in [0, 0.05) is 11.0 Å². The molecule has 0 spiro atoms. The van der Waals surface area contributed by atoms with Gasteiger partial charge in [-0.3, -0.25) is 0 Å². The van der Waals surface area contributed by atoms with Crippen LogP contribution in [0.1, 0.15) is 37.2 Å². The second-order valence-electron chi connectivity index (χ2n) is 6.31. The molecule has 2 heterocycles. The number of hydrogen-bond donors (Lipinski definition) is 1. The summed E-state index contributed by atoms with van der Waals surface area (Å²) in [5.74, 6) is 1.62. The first-order valence-corrected chi connectivity index (χ1v) is 8.80. The van der Waals surface area contributed by atoms with Crippen LogP contribution in [0.3, 0.4) is 0 Å². The van der Waals surface area contributed by atoms with Crippen LogP contribution in [0.4, 0.5) is 0 Å². The lowest BCUT2D eigenvalue weighted by Crippen LogP contribution is -2.41. The molecule has 0 radical (unpaired) electrons. The highest BCUT2D eigenvalue weighted by molar-refractivity contribution is 9.10. The number of rotatable bonds is 3. The highest BCUT2D eigenvalue weighted by atomic mass is 79.9. The van der Waals surface area contributed by atoms with Gasteiger partial charge in [0.2, 0.25) is 0 Å². The third kappa shape index (κ3) is 3.63. The van der Waals surface area contributed by atoms with Gasteiger partial charge >= 0.3 is 0 Å². The van der Waals surface area contributed by atoms with E-state index in [1.807, 2.05) is 0 Å². The van der Waals surface area contributed by atoms with Gasteiger partial charge < -0.3 is 10.2 Å². The Morgan fingerprint density at radius 2 is 1.95 bits per heavy atom. The van der Waals surface area contributed by atoms with Crippen molar-refractivity contribution in [3.8, 4) is 0 Å². The summed E-state index contributed by atoms with van der Waals surface area (Å²) < 4.78 is 1.29. The Morgan fingerprint density at radius 1 is 1.15 bits per heavy atom. The fourth-order valence-electron chi connectivity index (χ4n) is 3.68. The van der Waals surface area contributed by atoms with Crippen molar-refractivity contribution in [2.45, 2.75) is 31.6 Å². The first-order valence-electron chi connectivity index (χ1n) is 8.00. The molecule has 110 valence electrons. The summed E-state index contributed by atoms with van der Waals surface area (Å²) in [5.41, 5.74) is 1.51. The summed E-state index contributed by atoms with van der Waals surface area (Å²) in [6.45, 7) is 6.28. The molecule has 2 aliphatic heterocycles. The van der Waals surface area contributed by atoms with E-state index in [0.717, 1.165) is 11.8 Å². The Bertz CT molecular complexity index is 421. The minimum absolute atomic E-state index is 0.742. The lowest BCUT2D eigenvalue weighted by molar-refractivity contribution is 0.169. The van der Waals surface area contributed by atoms with Crippen molar-refractivity contribution >= 4 is 15.9 Å². The van der Waals surface area contributed by atoms with Crippen molar-refractivity contribution in [1.29, 1.82) is 0 Å². The Morgan fingerprint density at radius 3 is 2.65 bits per heavy atom. The maximum absolute atomic E-state index is 3.70. The highest BCUT2D eigenvalue weighted by Crippen LogP contribution is 2.33. The molecule has 1 unspecified atom stereocenters. The van der Waals surface area contributed by atoms with Crippen molar-refractivity contribution in [3.05, 3.63) is 34.3 Å². The summed E-state index contributed by atoms with van der Waals surface area (Å²) in [5, 5.41) is 3.53. The standard InChI is InChI=1S/C17H25BrN2/c18-17-6-2-1-5-16(17)15-7-10-20(11-8-15)13-14-4-3-9-19-12-14/h1-2,5-6,14-15,19H,3-4,7-13H2. The van der Waals surface area contributed by atoms with E-state index in [2.05, 4.69) is 50.4 Å². The Hall–Kier alpha value is -0.380. The van der Waals surface area contributed by atoms with Crippen LogP contribution in [0.25, 0.3) is 0 Å². The Labute approximate surface area is 131 Å². The van der Waals surface area contributed by atoms with E-state index in [-0.39, 0.29) is 0 Å². The third-order valence-electron chi connectivity index (χ3n) is 4.85. The molecule has 2 fully saturated rings. The molecule has 1 aromatic rings. The lowest BCUT2D eigenvalue weighted by Gasteiger charge is -2.35. The van der Waals surface area contributed by atoms with Gasteiger partial charge in [0.05, 0.1) is 0 Å². The molecule has 3 rings (SSSR count). The number of benzene rings is 1. The molecule has 1 N–H and O–H groups in total. The van der Waals surface area contributed by atoms with Crippen molar-refractivity contribution in [2.75, 3.05) is 32.7 Å². The van der Waals surface area contributed by atoms with Crippen molar-refractivity contribution in [3.63, 3.8) is 0 Å². The quantitative estimate of drug-likeness (QED) is 0.906. The molecule has 2 saturated heterocycles. The zero-order chi connectivity index (χ0) is 13.8. The van der Waals surface area contributed by atoms with Crippen molar-refractivity contribution < 1.29 is 0 Å². The first kappa shape index (κ1) is 14.6. The predicted octanol–water partition coefficient (Wildman–Crippen LogP) is 3.63. The predicted molar refractivity (Wildman–Crippen MR) is 88.2 cm³/mol. The van der Waals surface area contributed by atoms with Gasteiger partial charge in [-0.2, -0.15) is 0 Å². The van der Waals surface area contributed by atoms with E-state index in [9.17, 15) is 0 Å². The maximum Gasteiger partial charge on any atom is 0.0210 e. The molecule has 20 heavy (non-hydrogen) atoms. The molecule has 0 aliphatic carbocycles. The van der Waals surface area contributed by atoms with Crippen LogP contribution in [0, 0.1) is 5.92 Å².